The molecule has 2 aromatic rings. The number of rotatable bonds is 6. The second kappa shape index (κ2) is 9.47. The molecular weight excluding hydrogens is 443 g/mol. The first kappa shape index (κ1) is 23.2. The zero-order chi connectivity index (χ0) is 22.9. The Morgan fingerprint density at radius 1 is 1.12 bits per heavy atom. The van der Waals surface area contributed by atoms with E-state index in [-0.39, 0.29) is 17.5 Å². The molecule has 6 atom stereocenters. The molecule has 32 heavy (non-hydrogen) atoms. The van der Waals surface area contributed by atoms with Crippen molar-refractivity contribution in [2.24, 2.45) is 0 Å². The van der Waals surface area contributed by atoms with Crippen molar-refractivity contribution >= 4 is 10.0 Å². The van der Waals surface area contributed by atoms with Gasteiger partial charge in [-0.3, -0.25) is 0 Å². The first-order valence-corrected chi connectivity index (χ1v) is 11.5. The fourth-order valence-electron chi connectivity index (χ4n) is 3.95. The number of hydrazine groups is 2. The third kappa shape index (κ3) is 4.69. The summed E-state index contributed by atoms with van der Waals surface area (Å²) >= 11 is 0. The first-order chi connectivity index (χ1) is 15.3. The normalized spacial score (nSPS) is 31.6. The Kier molecular flexibility index (Phi) is 6.86. The van der Waals surface area contributed by atoms with Crippen LogP contribution in [0.4, 0.5) is 4.39 Å². The van der Waals surface area contributed by atoms with Crippen LogP contribution in [0.5, 0.6) is 0 Å². The maximum Gasteiger partial charge on any atom is 0.242 e. The minimum Gasteiger partial charge on any atom is -0.394 e. The summed E-state index contributed by atoms with van der Waals surface area (Å²) in [5, 5.41) is 32.8. The minimum absolute atomic E-state index is 0.0221. The van der Waals surface area contributed by atoms with Gasteiger partial charge < -0.3 is 20.1 Å². The van der Waals surface area contributed by atoms with Gasteiger partial charge in [0.15, 0.2) is 0 Å². The number of aliphatic hydroxyl groups is 3. The highest BCUT2D eigenvalue weighted by molar-refractivity contribution is 7.89. The van der Waals surface area contributed by atoms with E-state index in [0.29, 0.717) is 5.56 Å². The van der Waals surface area contributed by atoms with Crippen LogP contribution < -0.4 is 15.7 Å². The van der Waals surface area contributed by atoms with Crippen molar-refractivity contribution in [3.05, 3.63) is 66.0 Å². The average Bonchev–Trinajstić information content (AvgIpc) is 3.26. The molecule has 0 radical (unpaired) electrons. The Morgan fingerprint density at radius 3 is 2.56 bits per heavy atom. The molecular formula is C20H25FN4O6S. The van der Waals surface area contributed by atoms with E-state index in [4.69, 9.17) is 4.74 Å². The lowest BCUT2D eigenvalue weighted by Crippen LogP contribution is -2.69. The molecule has 0 aromatic heterocycles. The van der Waals surface area contributed by atoms with Crippen LogP contribution >= 0.6 is 0 Å². The van der Waals surface area contributed by atoms with Crippen molar-refractivity contribution in [2.45, 2.75) is 41.5 Å². The molecule has 2 fully saturated rings. The summed E-state index contributed by atoms with van der Waals surface area (Å²) in [5.74, 6) is -0.399. The van der Waals surface area contributed by atoms with E-state index < -0.39 is 53.0 Å². The fraction of sp³-hybridized carbons (Fsp3) is 0.400. The van der Waals surface area contributed by atoms with E-state index in [0.717, 1.165) is 0 Å². The van der Waals surface area contributed by atoms with Gasteiger partial charge in [0.2, 0.25) is 10.0 Å². The maximum absolute atomic E-state index is 13.6. The molecule has 10 nitrogen and oxygen atoms in total. The number of nitrogens with zero attached hydrogens (tertiary/aromatic N) is 1. The summed E-state index contributed by atoms with van der Waals surface area (Å²) in [5.41, 5.74) is 6.45. The van der Waals surface area contributed by atoms with E-state index in [2.05, 4.69) is 15.7 Å². The van der Waals surface area contributed by atoms with Crippen molar-refractivity contribution in [3.63, 3.8) is 0 Å². The van der Waals surface area contributed by atoms with Gasteiger partial charge in [-0.25, -0.2) is 23.2 Å². The molecule has 2 aliphatic heterocycles. The van der Waals surface area contributed by atoms with Gasteiger partial charge in [-0.05, 0) is 29.8 Å². The van der Waals surface area contributed by atoms with Crippen LogP contribution in [-0.4, -0.2) is 72.5 Å². The van der Waals surface area contributed by atoms with Crippen molar-refractivity contribution in [2.75, 3.05) is 13.2 Å². The molecule has 0 saturated carbocycles. The van der Waals surface area contributed by atoms with E-state index in [1.807, 2.05) is 0 Å². The van der Waals surface area contributed by atoms with Gasteiger partial charge in [0.1, 0.15) is 30.4 Å². The summed E-state index contributed by atoms with van der Waals surface area (Å²) in [6.45, 7) is -0.374. The van der Waals surface area contributed by atoms with Gasteiger partial charge in [-0.15, -0.1) is 0 Å². The Bertz CT molecular complexity index is 1030. The smallest absolute Gasteiger partial charge is 0.242 e. The number of halogens is 1. The predicted octanol–water partition coefficient (Wildman–Crippen LogP) is -1.02. The van der Waals surface area contributed by atoms with Gasteiger partial charge in [0.05, 0.1) is 23.6 Å². The second-order valence-electron chi connectivity index (χ2n) is 7.70. The number of nitrogens with one attached hydrogen (secondary N) is 3. The van der Waals surface area contributed by atoms with Crippen LogP contribution in [0.1, 0.15) is 11.6 Å². The van der Waals surface area contributed by atoms with Crippen molar-refractivity contribution in [3.8, 4) is 0 Å². The quantitative estimate of drug-likeness (QED) is 0.314. The molecule has 12 heteroatoms. The van der Waals surface area contributed by atoms with Gasteiger partial charge in [-0.1, -0.05) is 30.3 Å². The van der Waals surface area contributed by atoms with Gasteiger partial charge in [0, 0.05) is 6.54 Å². The van der Waals surface area contributed by atoms with Crippen molar-refractivity contribution in [1.29, 1.82) is 0 Å². The largest absolute Gasteiger partial charge is 0.394 e. The highest BCUT2D eigenvalue weighted by Crippen LogP contribution is 2.28. The third-order valence-corrected chi connectivity index (χ3v) is 7.03. The lowest BCUT2D eigenvalue weighted by Gasteiger charge is -2.45. The monoisotopic (exact) mass is 468 g/mol. The third-order valence-electron chi connectivity index (χ3n) is 5.59. The van der Waals surface area contributed by atoms with Crippen LogP contribution in [-0.2, 0) is 14.8 Å². The Hall–Kier alpha value is -2.00. The Labute approximate surface area is 184 Å². The summed E-state index contributed by atoms with van der Waals surface area (Å²) in [4.78, 5) is -0.0221. The number of sulfonamides is 1. The molecule has 2 aliphatic rings. The Morgan fingerprint density at radius 2 is 1.88 bits per heavy atom. The molecule has 0 aliphatic carbocycles. The molecule has 0 amide bonds. The van der Waals surface area contributed by atoms with Crippen LogP contribution in [0.3, 0.4) is 0 Å². The zero-order valence-electron chi connectivity index (χ0n) is 16.9. The summed E-state index contributed by atoms with van der Waals surface area (Å²) in [7, 11) is -4.04. The van der Waals surface area contributed by atoms with Crippen molar-refractivity contribution in [1.82, 2.24) is 20.7 Å². The Balaban J connectivity index is 1.54. The van der Waals surface area contributed by atoms with Gasteiger partial charge >= 0.3 is 0 Å². The highest BCUT2D eigenvalue weighted by atomic mass is 32.2. The topological polar surface area (TPSA) is 143 Å². The number of hydrogen-bond donors (Lipinski definition) is 6. The standard InChI is InChI=1S/C20H25FN4O6S/c21-13-6-4-5-12(9-13)15-10-25(24-22-15)17-18(27)16(11-26)31-20(19(17)28)23-32(29,30)14-7-2-1-3-8-14/h1-9,15-20,22-24,26-28H,10-11H2/t15?,16-,17+,18+,19-,20-/m1/s1. The van der Waals surface area contributed by atoms with E-state index in [1.54, 1.807) is 30.3 Å². The number of benzene rings is 2. The van der Waals surface area contributed by atoms with Crippen LogP contribution in [0.2, 0.25) is 0 Å². The molecule has 6 N–H and O–H groups in total. The van der Waals surface area contributed by atoms with E-state index >= 15 is 0 Å². The average molecular weight is 469 g/mol. The summed E-state index contributed by atoms with van der Waals surface area (Å²) in [6, 6.07) is 12.2. The summed E-state index contributed by atoms with van der Waals surface area (Å²) < 4.78 is 46.8. The summed E-state index contributed by atoms with van der Waals surface area (Å²) in [6.07, 6.45) is -5.41. The van der Waals surface area contributed by atoms with Crippen molar-refractivity contribution < 1.29 is 32.9 Å². The molecule has 1 unspecified atom stereocenters. The molecule has 4 rings (SSSR count). The molecule has 174 valence electrons. The zero-order valence-corrected chi connectivity index (χ0v) is 17.7. The van der Waals surface area contributed by atoms with Gasteiger partial charge in [0.25, 0.3) is 0 Å². The molecule has 0 bridgehead atoms. The molecule has 0 spiro atoms. The lowest BCUT2D eigenvalue weighted by molar-refractivity contribution is -0.220. The van der Waals surface area contributed by atoms with E-state index in [9.17, 15) is 28.1 Å². The maximum atomic E-state index is 13.6. The lowest BCUT2D eigenvalue weighted by atomic mass is 9.94. The van der Waals surface area contributed by atoms with Crippen LogP contribution in [0.25, 0.3) is 0 Å². The van der Waals surface area contributed by atoms with Crippen LogP contribution in [0.15, 0.2) is 59.5 Å². The molecule has 2 aromatic carbocycles. The second-order valence-corrected chi connectivity index (χ2v) is 9.41. The highest BCUT2D eigenvalue weighted by Gasteiger charge is 2.49. The first-order valence-electron chi connectivity index (χ1n) is 10.0. The molecule has 2 saturated heterocycles. The molecule has 2 heterocycles. The SMILES string of the molecule is O=S(=O)(N[C@@H]1O[C@H](CO)[C@H](O)[C@H](N2CC(c3cccc(F)c3)NN2)[C@H]1O)c1ccccc1. The number of hydrogen-bond acceptors (Lipinski definition) is 9. The predicted molar refractivity (Wildman–Crippen MR) is 110 cm³/mol. The minimum atomic E-state index is -4.04. The van der Waals surface area contributed by atoms with Crippen LogP contribution in [0, 0.1) is 5.82 Å². The number of aliphatic hydroxyl groups excluding tert-OH is 3. The fourth-order valence-corrected chi connectivity index (χ4v) is 5.10. The van der Waals surface area contributed by atoms with Gasteiger partial charge in [-0.2, -0.15) is 10.3 Å². The van der Waals surface area contributed by atoms with E-state index in [1.165, 1.54) is 29.3 Å². The number of ether oxygens (including phenoxy) is 1.